The van der Waals surface area contributed by atoms with Gasteiger partial charge < -0.3 is 15.5 Å². The maximum absolute atomic E-state index is 7.31. The Morgan fingerprint density at radius 1 is 1.50 bits per heavy atom. The highest BCUT2D eigenvalue weighted by Crippen LogP contribution is 1.98. The molecule has 0 aliphatic carbocycles. The van der Waals surface area contributed by atoms with Gasteiger partial charge in [0.2, 0.25) is 0 Å². The summed E-state index contributed by atoms with van der Waals surface area (Å²) in [4.78, 5) is 3.97. The van der Waals surface area contributed by atoms with Gasteiger partial charge in [-0.3, -0.25) is 5.41 Å². The molecule has 4 heteroatoms. The lowest BCUT2D eigenvalue weighted by molar-refractivity contribution is 0.261. The molecule has 12 heavy (non-hydrogen) atoms. The zero-order valence-corrected chi connectivity index (χ0v) is 8.46. The molecule has 3 N–H and O–H groups in total. The van der Waals surface area contributed by atoms with E-state index in [1.54, 1.807) is 0 Å². The zero-order chi connectivity index (χ0) is 9.72. The molecule has 0 aromatic carbocycles. The van der Waals surface area contributed by atoms with Crippen LogP contribution in [0.1, 0.15) is 13.8 Å². The van der Waals surface area contributed by atoms with Crippen molar-refractivity contribution in [1.29, 1.82) is 5.41 Å². The van der Waals surface area contributed by atoms with Gasteiger partial charge in [0.15, 0.2) is 5.96 Å². The van der Waals surface area contributed by atoms with Crippen LogP contribution in [0.25, 0.3) is 0 Å². The molecule has 0 radical (unpaired) electrons. The van der Waals surface area contributed by atoms with Crippen molar-refractivity contribution in [2.45, 2.75) is 19.9 Å². The molecule has 72 valence electrons. The van der Waals surface area contributed by atoms with Gasteiger partial charge in [0.1, 0.15) is 0 Å². The maximum Gasteiger partial charge on any atom is 0.188 e. The van der Waals surface area contributed by atoms with Crippen molar-refractivity contribution in [2.75, 3.05) is 27.2 Å². The Labute approximate surface area is 74.8 Å². The second-order valence-electron chi connectivity index (χ2n) is 3.28. The Morgan fingerprint density at radius 2 is 2.00 bits per heavy atom. The van der Waals surface area contributed by atoms with E-state index in [-0.39, 0.29) is 5.96 Å². The highest BCUT2D eigenvalue weighted by atomic mass is 15.3. The van der Waals surface area contributed by atoms with Gasteiger partial charge in [-0.1, -0.05) is 0 Å². The van der Waals surface area contributed by atoms with Crippen molar-refractivity contribution in [3.05, 3.63) is 0 Å². The number of nitrogens with two attached hydrogens (primary N) is 1. The fraction of sp³-hybridized carbons (Fsp3) is 0.875. The summed E-state index contributed by atoms with van der Waals surface area (Å²) in [5, 5.41) is 7.31. The second kappa shape index (κ2) is 4.98. The lowest BCUT2D eigenvalue weighted by atomic mass is 10.3. The van der Waals surface area contributed by atoms with Crippen molar-refractivity contribution < 1.29 is 0 Å². The average molecular weight is 172 g/mol. The van der Waals surface area contributed by atoms with Crippen LogP contribution >= 0.6 is 0 Å². The number of hydrogen-bond donors (Lipinski definition) is 2. The standard InChI is InChI=1S/C8H20N4/c1-5-12(8(9)10)7(2)6-11(3)4/h7H,5-6H2,1-4H3,(H3,9,10). The third kappa shape index (κ3) is 3.57. The number of rotatable bonds is 4. The monoisotopic (exact) mass is 172 g/mol. The number of likely N-dealkylation sites (N-methyl/N-ethyl adjacent to an activating group) is 2. The summed E-state index contributed by atoms with van der Waals surface area (Å²) in [6, 6.07) is 0.308. The smallest absolute Gasteiger partial charge is 0.188 e. The average Bonchev–Trinajstić information content (AvgIpc) is 1.85. The summed E-state index contributed by atoms with van der Waals surface area (Å²) >= 11 is 0. The third-order valence-corrected chi connectivity index (χ3v) is 1.81. The van der Waals surface area contributed by atoms with Crippen LogP contribution in [0.5, 0.6) is 0 Å². The van der Waals surface area contributed by atoms with Crippen LogP contribution in [0.3, 0.4) is 0 Å². The normalized spacial score (nSPS) is 13.1. The van der Waals surface area contributed by atoms with E-state index in [4.69, 9.17) is 11.1 Å². The Morgan fingerprint density at radius 3 is 2.25 bits per heavy atom. The fourth-order valence-electron chi connectivity index (χ4n) is 1.35. The van der Waals surface area contributed by atoms with E-state index in [1.807, 2.05) is 25.9 Å². The van der Waals surface area contributed by atoms with Crippen molar-refractivity contribution in [3.63, 3.8) is 0 Å². The molecular weight excluding hydrogens is 152 g/mol. The molecule has 0 aromatic heterocycles. The molecule has 0 heterocycles. The molecule has 4 nitrogen and oxygen atoms in total. The van der Waals surface area contributed by atoms with E-state index in [9.17, 15) is 0 Å². The summed E-state index contributed by atoms with van der Waals surface area (Å²) in [7, 11) is 4.04. The van der Waals surface area contributed by atoms with Gasteiger partial charge in [0.25, 0.3) is 0 Å². The molecule has 0 saturated heterocycles. The van der Waals surface area contributed by atoms with Gasteiger partial charge in [-0.25, -0.2) is 0 Å². The second-order valence-corrected chi connectivity index (χ2v) is 3.28. The molecule has 1 atom stereocenters. The van der Waals surface area contributed by atoms with E-state index < -0.39 is 0 Å². The van der Waals surface area contributed by atoms with Gasteiger partial charge in [-0.05, 0) is 27.9 Å². The van der Waals surface area contributed by atoms with Crippen LogP contribution in [0.2, 0.25) is 0 Å². The molecule has 0 saturated carbocycles. The van der Waals surface area contributed by atoms with Crippen LogP contribution < -0.4 is 5.73 Å². The Bertz CT molecular complexity index is 144. The van der Waals surface area contributed by atoms with Gasteiger partial charge >= 0.3 is 0 Å². The first-order valence-corrected chi connectivity index (χ1v) is 4.24. The molecule has 0 aliphatic rings. The minimum absolute atomic E-state index is 0.159. The number of nitrogens with one attached hydrogen (secondary N) is 1. The van der Waals surface area contributed by atoms with Crippen molar-refractivity contribution in [3.8, 4) is 0 Å². The first-order valence-electron chi connectivity index (χ1n) is 4.24. The number of nitrogens with zero attached hydrogens (tertiary/aromatic N) is 2. The lowest BCUT2D eigenvalue weighted by Gasteiger charge is -2.30. The summed E-state index contributed by atoms with van der Waals surface area (Å²) in [6.07, 6.45) is 0. The first kappa shape index (κ1) is 11.2. The van der Waals surface area contributed by atoms with Crippen LogP contribution in [0.15, 0.2) is 0 Å². The van der Waals surface area contributed by atoms with Crippen LogP contribution in [0.4, 0.5) is 0 Å². The lowest BCUT2D eigenvalue weighted by Crippen LogP contribution is -2.46. The minimum Gasteiger partial charge on any atom is -0.370 e. The molecule has 0 amide bonds. The molecular formula is C8H20N4. The summed E-state index contributed by atoms with van der Waals surface area (Å²) < 4.78 is 0. The Kier molecular flexibility index (Phi) is 4.66. The molecule has 0 aliphatic heterocycles. The van der Waals surface area contributed by atoms with Crippen molar-refractivity contribution in [1.82, 2.24) is 9.80 Å². The number of guanidine groups is 1. The highest BCUT2D eigenvalue weighted by Gasteiger charge is 2.13. The molecule has 0 bridgehead atoms. The predicted octanol–water partition coefficient (Wildman–Crippen LogP) is 0.152. The van der Waals surface area contributed by atoms with Gasteiger partial charge in [-0.15, -0.1) is 0 Å². The van der Waals surface area contributed by atoms with E-state index in [0.29, 0.717) is 6.04 Å². The quantitative estimate of drug-likeness (QED) is 0.469. The molecule has 0 aromatic rings. The maximum atomic E-state index is 7.31. The van der Waals surface area contributed by atoms with E-state index in [2.05, 4.69) is 11.8 Å². The van der Waals surface area contributed by atoms with Gasteiger partial charge in [0.05, 0.1) is 0 Å². The fourth-order valence-corrected chi connectivity index (χ4v) is 1.35. The van der Waals surface area contributed by atoms with Crippen LogP contribution in [-0.4, -0.2) is 49.0 Å². The molecule has 0 spiro atoms. The minimum atomic E-state index is 0.159. The highest BCUT2D eigenvalue weighted by molar-refractivity contribution is 5.74. The number of hydrogen-bond acceptors (Lipinski definition) is 2. The van der Waals surface area contributed by atoms with Crippen molar-refractivity contribution in [2.24, 2.45) is 5.73 Å². The summed E-state index contributed by atoms with van der Waals surface area (Å²) in [6.45, 7) is 5.80. The topological polar surface area (TPSA) is 56.4 Å². The van der Waals surface area contributed by atoms with Crippen LogP contribution in [0, 0.1) is 5.41 Å². The van der Waals surface area contributed by atoms with E-state index in [1.165, 1.54) is 0 Å². The van der Waals surface area contributed by atoms with Crippen molar-refractivity contribution >= 4 is 5.96 Å². The van der Waals surface area contributed by atoms with Gasteiger partial charge in [0, 0.05) is 19.1 Å². The zero-order valence-electron chi connectivity index (χ0n) is 8.46. The Hall–Kier alpha value is -0.770. The predicted molar refractivity (Wildman–Crippen MR) is 52.3 cm³/mol. The summed E-state index contributed by atoms with van der Waals surface area (Å²) in [5.74, 6) is 0.159. The van der Waals surface area contributed by atoms with Crippen LogP contribution in [-0.2, 0) is 0 Å². The molecule has 0 rings (SSSR count). The van der Waals surface area contributed by atoms with Gasteiger partial charge in [-0.2, -0.15) is 0 Å². The molecule has 1 unspecified atom stereocenters. The van der Waals surface area contributed by atoms with E-state index in [0.717, 1.165) is 13.1 Å². The Balaban J connectivity index is 4.02. The largest absolute Gasteiger partial charge is 0.370 e. The SMILES string of the molecule is CCN(C(=N)N)C(C)CN(C)C. The third-order valence-electron chi connectivity index (χ3n) is 1.81. The summed E-state index contributed by atoms with van der Waals surface area (Å²) in [5.41, 5.74) is 5.41. The van der Waals surface area contributed by atoms with E-state index >= 15 is 0 Å². The molecule has 0 fully saturated rings. The first-order chi connectivity index (χ1) is 5.49.